The monoisotopic (exact) mass is 232 g/mol. The quantitative estimate of drug-likeness (QED) is 0.816. The van der Waals surface area contributed by atoms with E-state index in [2.05, 4.69) is 4.98 Å². The van der Waals surface area contributed by atoms with Gasteiger partial charge in [-0.2, -0.15) is 0 Å². The molecule has 0 N–H and O–H groups in total. The second-order valence-electron chi connectivity index (χ2n) is 3.32. The van der Waals surface area contributed by atoms with E-state index in [9.17, 15) is 4.79 Å². The number of hydrogen-bond donors (Lipinski definition) is 0. The molecule has 0 saturated heterocycles. The third-order valence-corrected chi connectivity index (χ3v) is 2.88. The second kappa shape index (κ2) is 4.99. The summed E-state index contributed by atoms with van der Waals surface area (Å²) in [7, 11) is 0. The first-order valence-electron chi connectivity index (χ1n) is 4.99. The van der Waals surface area contributed by atoms with Crippen molar-refractivity contribution in [1.82, 2.24) is 9.38 Å². The summed E-state index contributed by atoms with van der Waals surface area (Å²) in [5.74, 6) is 0.704. The lowest BCUT2D eigenvalue weighted by atomic mass is 10.4. The lowest BCUT2D eigenvalue weighted by molar-refractivity contribution is -0.109. The summed E-state index contributed by atoms with van der Waals surface area (Å²) in [6.07, 6.45) is 7.75. The third-order valence-electron chi connectivity index (χ3n) is 2.12. The number of imidazole rings is 1. The van der Waals surface area contributed by atoms with Crippen molar-refractivity contribution in [2.75, 3.05) is 5.75 Å². The maximum atomic E-state index is 10.7. The van der Waals surface area contributed by atoms with Crippen LogP contribution >= 0.6 is 11.8 Å². The Labute approximate surface area is 98.2 Å². The minimum Gasteiger partial charge on any atom is -0.300 e. The molecule has 2 aromatic heterocycles. The SMILES string of the molecule is CC(=O)SCC=Cc1cnc2ccccn12. The molecule has 16 heavy (non-hydrogen) atoms. The molecule has 0 amide bonds. The third kappa shape index (κ3) is 2.52. The smallest absolute Gasteiger partial charge is 0.186 e. The molecule has 2 heterocycles. The Kier molecular flexibility index (Phi) is 3.41. The molecule has 0 aliphatic carbocycles. The molecule has 0 aromatic carbocycles. The van der Waals surface area contributed by atoms with Crippen molar-refractivity contribution in [3.05, 3.63) is 42.4 Å². The normalized spacial score (nSPS) is 11.3. The number of hydrogen-bond acceptors (Lipinski definition) is 3. The number of thioether (sulfide) groups is 1. The highest BCUT2D eigenvalue weighted by Crippen LogP contribution is 2.09. The topological polar surface area (TPSA) is 34.4 Å². The number of pyridine rings is 1. The maximum Gasteiger partial charge on any atom is 0.186 e. The van der Waals surface area contributed by atoms with E-state index >= 15 is 0 Å². The van der Waals surface area contributed by atoms with Crippen molar-refractivity contribution >= 4 is 28.6 Å². The summed E-state index contributed by atoms with van der Waals surface area (Å²) in [4.78, 5) is 15.0. The molecule has 4 heteroatoms. The summed E-state index contributed by atoms with van der Waals surface area (Å²) < 4.78 is 2.01. The van der Waals surface area contributed by atoms with Crippen LogP contribution in [0.15, 0.2) is 36.7 Å². The van der Waals surface area contributed by atoms with Gasteiger partial charge in [0.2, 0.25) is 0 Å². The first-order valence-corrected chi connectivity index (χ1v) is 5.98. The summed E-state index contributed by atoms with van der Waals surface area (Å²) in [6, 6.07) is 5.89. The van der Waals surface area contributed by atoms with Gasteiger partial charge < -0.3 is 4.40 Å². The summed E-state index contributed by atoms with van der Waals surface area (Å²) in [6.45, 7) is 1.58. The van der Waals surface area contributed by atoms with Gasteiger partial charge in [-0.25, -0.2) is 4.98 Å². The average Bonchev–Trinajstić information content (AvgIpc) is 2.68. The minimum absolute atomic E-state index is 0.141. The molecular formula is C12H12N2OS. The molecule has 0 unspecified atom stereocenters. The minimum atomic E-state index is 0.141. The van der Waals surface area contributed by atoms with Gasteiger partial charge in [0, 0.05) is 18.9 Å². The van der Waals surface area contributed by atoms with Crippen molar-refractivity contribution in [3.8, 4) is 0 Å². The van der Waals surface area contributed by atoms with Crippen LogP contribution < -0.4 is 0 Å². The summed E-state index contributed by atoms with van der Waals surface area (Å²) >= 11 is 1.30. The predicted octanol–water partition coefficient (Wildman–Crippen LogP) is 2.63. The lowest BCUT2D eigenvalue weighted by Crippen LogP contribution is -1.86. The van der Waals surface area contributed by atoms with Gasteiger partial charge in [0.1, 0.15) is 5.65 Å². The number of aromatic nitrogens is 2. The van der Waals surface area contributed by atoms with Crippen LogP contribution in [0.4, 0.5) is 0 Å². The first-order chi connectivity index (χ1) is 7.77. The van der Waals surface area contributed by atoms with Crippen LogP contribution in [0.5, 0.6) is 0 Å². The zero-order valence-electron chi connectivity index (χ0n) is 8.96. The number of carbonyl (C=O) groups is 1. The van der Waals surface area contributed by atoms with E-state index in [1.165, 1.54) is 11.8 Å². The van der Waals surface area contributed by atoms with Crippen LogP contribution in [0, 0.1) is 0 Å². The molecule has 0 radical (unpaired) electrons. The fraction of sp³-hybridized carbons (Fsp3) is 0.167. The highest BCUT2D eigenvalue weighted by Gasteiger charge is 1.97. The second-order valence-corrected chi connectivity index (χ2v) is 4.51. The van der Waals surface area contributed by atoms with Crippen LogP contribution in [-0.2, 0) is 4.79 Å². The van der Waals surface area contributed by atoms with Crippen molar-refractivity contribution in [3.63, 3.8) is 0 Å². The maximum absolute atomic E-state index is 10.7. The molecule has 0 fully saturated rings. The average molecular weight is 232 g/mol. The predicted molar refractivity (Wildman–Crippen MR) is 67.4 cm³/mol. The Hall–Kier alpha value is -1.55. The van der Waals surface area contributed by atoms with Crippen LogP contribution in [-0.4, -0.2) is 20.3 Å². The van der Waals surface area contributed by atoms with Gasteiger partial charge in [-0.05, 0) is 18.2 Å². The molecule has 3 nitrogen and oxygen atoms in total. The largest absolute Gasteiger partial charge is 0.300 e. The van der Waals surface area contributed by atoms with E-state index in [0.717, 1.165) is 11.3 Å². The Balaban J connectivity index is 2.12. The van der Waals surface area contributed by atoms with Gasteiger partial charge in [0.25, 0.3) is 0 Å². The fourth-order valence-electron chi connectivity index (χ4n) is 1.41. The van der Waals surface area contributed by atoms with Gasteiger partial charge in [0.15, 0.2) is 5.12 Å². The van der Waals surface area contributed by atoms with E-state index in [1.54, 1.807) is 6.92 Å². The van der Waals surface area contributed by atoms with Gasteiger partial charge in [0.05, 0.1) is 11.9 Å². The number of carbonyl (C=O) groups excluding carboxylic acids is 1. The van der Waals surface area contributed by atoms with Crippen LogP contribution in [0.25, 0.3) is 11.7 Å². The van der Waals surface area contributed by atoms with Gasteiger partial charge in [-0.15, -0.1) is 0 Å². The molecule has 0 aliphatic rings. The van der Waals surface area contributed by atoms with Crippen LogP contribution in [0.1, 0.15) is 12.6 Å². The van der Waals surface area contributed by atoms with Crippen molar-refractivity contribution in [1.29, 1.82) is 0 Å². The molecule has 2 rings (SSSR count). The molecule has 0 spiro atoms. The summed E-state index contributed by atoms with van der Waals surface area (Å²) in [5.41, 5.74) is 1.96. The van der Waals surface area contributed by atoms with Gasteiger partial charge in [-0.1, -0.05) is 23.9 Å². The first kappa shape index (κ1) is 11.0. The Morgan fingerprint density at radius 3 is 3.25 bits per heavy atom. The Morgan fingerprint density at radius 1 is 1.56 bits per heavy atom. The molecule has 0 aliphatic heterocycles. The van der Waals surface area contributed by atoms with E-state index in [0.29, 0.717) is 5.75 Å². The molecule has 0 bridgehead atoms. The summed E-state index contributed by atoms with van der Waals surface area (Å²) in [5, 5.41) is 0.141. The number of fused-ring (bicyclic) bond motifs is 1. The lowest BCUT2D eigenvalue weighted by Gasteiger charge is -1.94. The zero-order chi connectivity index (χ0) is 11.4. The molecule has 0 atom stereocenters. The highest BCUT2D eigenvalue weighted by atomic mass is 32.2. The molecule has 0 saturated carbocycles. The zero-order valence-corrected chi connectivity index (χ0v) is 9.78. The highest BCUT2D eigenvalue weighted by molar-refractivity contribution is 8.13. The van der Waals surface area contributed by atoms with Crippen molar-refractivity contribution < 1.29 is 4.79 Å². The number of nitrogens with zero attached hydrogens (tertiary/aromatic N) is 2. The fourth-order valence-corrected chi connectivity index (χ4v) is 1.84. The van der Waals surface area contributed by atoms with Gasteiger partial charge >= 0.3 is 0 Å². The molecule has 82 valence electrons. The number of rotatable bonds is 3. The van der Waals surface area contributed by atoms with Gasteiger partial charge in [-0.3, -0.25) is 4.79 Å². The van der Waals surface area contributed by atoms with E-state index in [1.807, 2.05) is 47.1 Å². The standard InChI is InChI=1S/C12H12N2OS/c1-10(15)16-8-4-5-11-9-13-12-6-2-3-7-14(11)12/h2-7,9H,8H2,1H3. The molecular weight excluding hydrogens is 220 g/mol. The molecule has 2 aromatic rings. The van der Waals surface area contributed by atoms with E-state index in [4.69, 9.17) is 0 Å². The van der Waals surface area contributed by atoms with Crippen LogP contribution in [0.3, 0.4) is 0 Å². The van der Waals surface area contributed by atoms with Crippen molar-refractivity contribution in [2.45, 2.75) is 6.92 Å². The Bertz CT molecular complexity index is 531. The van der Waals surface area contributed by atoms with E-state index in [-0.39, 0.29) is 5.12 Å². The van der Waals surface area contributed by atoms with E-state index < -0.39 is 0 Å². The van der Waals surface area contributed by atoms with Crippen LogP contribution in [0.2, 0.25) is 0 Å². The Morgan fingerprint density at radius 2 is 2.44 bits per heavy atom. The van der Waals surface area contributed by atoms with Crippen molar-refractivity contribution in [2.24, 2.45) is 0 Å².